The zero-order chi connectivity index (χ0) is 14.2. The van der Waals surface area contributed by atoms with Crippen molar-refractivity contribution in [3.05, 3.63) is 29.3 Å². The first-order chi connectivity index (χ1) is 7.96. The van der Waals surface area contributed by atoms with Crippen molar-refractivity contribution in [2.24, 2.45) is 0 Å². The second kappa shape index (κ2) is 4.75. The van der Waals surface area contributed by atoms with Gasteiger partial charge in [0.2, 0.25) is 10.0 Å². The van der Waals surface area contributed by atoms with Crippen molar-refractivity contribution in [2.45, 2.75) is 37.1 Å². The highest BCUT2D eigenvalue weighted by Crippen LogP contribution is 2.29. The van der Waals surface area contributed by atoms with E-state index >= 15 is 0 Å². The predicted molar refractivity (Wildman–Crippen MR) is 66.5 cm³/mol. The Kier molecular flexibility index (Phi) is 4.05. The van der Waals surface area contributed by atoms with Crippen molar-refractivity contribution >= 4 is 21.6 Å². The minimum Gasteiger partial charge on any atom is -0.207 e. The van der Waals surface area contributed by atoms with Crippen molar-refractivity contribution in [1.82, 2.24) is 4.72 Å². The van der Waals surface area contributed by atoms with Crippen LogP contribution in [0.2, 0.25) is 5.02 Å². The molecule has 0 aliphatic heterocycles. The zero-order valence-electron chi connectivity index (χ0n) is 10.2. The molecule has 0 aromatic heterocycles. The Bertz CT molecular complexity index is 521. The van der Waals surface area contributed by atoms with Gasteiger partial charge >= 0.3 is 0 Å². The highest BCUT2D eigenvalue weighted by atomic mass is 35.5. The molecule has 18 heavy (non-hydrogen) atoms. The van der Waals surface area contributed by atoms with Crippen LogP contribution in [-0.4, -0.2) is 19.9 Å². The molecule has 0 saturated heterocycles. The summed E-state index contributed by atoms with van der Waals surface area (Å²) in [7, 11) is -4.01. The Labute approximate surface area is 110 Å². The number of benzene rings is 1. The standard InChI is InChI=1S/C11H14ClF2NO2S/c1-10(2,11(3,13)14)15-18(16,17)9-6-4-8(12)5-7-9/h4-7,15H,1-3H3. The molecule has 0 atom stereocenters. The van der Waals surface area contributed by atoms with Crippen LogP contribution in [0.5, 0.6) is 0 Å². The number of alkyl halides is 2. The molecule has 0 aliphatic carbocycles. The summed E-state index contributed by atoms with van der Waals surface area (Å²) in [4.78, 5) is -0.107. The molecular formula is C11H14ClF2NO2S. The van der Waals surface area contributed by atoms with Gasteiger partial charge in [-0.15, -0.1) is 0 Å². The van der Waals surface area contributed by atoms with Gasteiger partial charge in [-0.25, -0.2) is 17.2 Å². The molecule has 0 fully saturated rings. The van der Waals surface area contributed by atoms with E-state index in [9.17, 15) is 17.2 Å². The lowest BCUT2D eigenvalue weighted by molar-refractivity contribution is -0.0488. The Balaban J connectivity index is 3.07. The highest BCUT2D eigenvalue weighted by molar-refractivity contribution is 7.89. The van der Waals surface area contributed by atoms with E-state index in [1.165, 1.54) is 24.3 Å². The van der Waals surface area contributed by atoms with E-state index in [-0.39, 0.29) is 4.90 Å². The van der Waals surface area contributed by atoms with Gasteiger partial charge in [0.25, 0.3) is 5.92 Å². The predicted octanol–water partition coefficient (Wildman–Crippen LogP) is 3.05. The molecule has 0 spiro atoms. The van der Waals surface area contributed by atoms with Crippen LogP contribution < -0.4 is 4.72 Å². The summed E-state index contributed by atoms with van der Waals surface area (Å²) in [6.07, 6.45) is 0. The van der Waals surface area contributed by atoms with E-state index < -0.39 is 21.5 Å². The molecule has 0 radical (unpaired) electrons. The van der Waals surface area contributed by atoms with Crippen molar-refractivity contribution in [3.63, 3.8) is 0 Å². The second-order valence-electron chi connectivity index (χ2n) is 4.57. The van der Waals surface area contributed by atoms with Crippen LogP contribution in [0.25, 0.3) is 0 Å². The Morgan fingerprint density at radius 2 is 1.56 bits per heavy atom. The lowest BCUT2D eigenvalue weighted by atomic mass is 10.00. The van der Waals surface area contributed by atoms with Gasteiger partial charge in [0.1, 0.15) is 0 Å². The number of rotatable bonds is 4. The second-order valence-corrected chi connectivity index (χ2v) is 6.69. The molecule has 1 N–H and O–H groups in total. The van der Waals surface area contributed by atoms with Gasteiger partial charge in [-0.3, -0.25) is 0 Å². The molecule has 1 aromatic carbocycles. The van der Waals surface area contributed by atoms with Gasteiger partial charge in [-0.2, -0.15) is 4.72 Å². The molecule has 0 aliphatic rings. The molecule has 0 saturated carbocycles. The van der Waals surface area contributed by atoms with Crippen LogP contribution in [0, 0.1) is 0 Å². The highest BCUT2D eigenvalue weighted by Gasteiger charge is 2.44. The third kappa shape index (κ3) is 3.40. The van der Waals surface area contributed by atoms with Crippen LogP contribution in [0.3, 0.4) is 0 Å². The average Bonchev–Trinajstić information content (AvgIpc) is 2.14. The minimum absolute atomic E-state index is 0.107. The van der Waals surface area contributed by atoms with Crippen molar-refractivity contribution in [3.8, 4) is 0 Å². The maximum Gasteiger partial charge on any atom is 0.263 e. The monoisotopic (exact) mass is 297 g/mol. The summed E-state index contributed by atoms with van der Waals surface area (Å²) in [6.45, 7) is 2.91. The first-order valence-corrected chi connectivity index (χ1v) is 6.99. The van der Waals surface area contributed by atoms with Crippen LogP contribution in [0.4, 0.5) is 8.78 Å². The molecule has 1 aromatic rings. The fourth-order valence-corrected chi connectivity index (χ4v) is 2.69. The molecule has 0 unspecified atom stereocenters. The summed E-state index contributed by atoms with van der Waals surface area (Å²) < 4.78 is 52.3. The van der Waals surface area contributed by atoms with Gasteiger partial charge < -0.3 is 0 Å². The molecule has 102 valence electrons. The topological polar surface area (TPSA) is 46.2 Å². The SMILES string of the molecule is CC(F)(F)C(C)(C)NS(=O)(=O)c1ccc(Cl)cc1. The van der Waals surface area contributed by atoms with E-state index in [2.05, 4.69) is 0 Å². The van der Waals surface area contributed by atoms with E-state index in [1.54, 1.807) is 0 Å². The Morgan fingerprint density at radius 1 is 1.11 bits per heavy atom. The average molecular weight is 298 g/mol. The first kappa shape index (κ1) is 15.3. The van der Waals surface area contributed by atoms with E-state index in [1.807, 2.05) is 4.72 Å². The molecule has 7 heteroatoms. The van der Waals surface area contributed by atoms with Crippen LogP contribution in [0.1, 0.15) is 20.8 Å². The number of halogens is 3. The van der Waals surface area contributed by atoms with Crippen LogP contribution >= 0.6 is 11.6 Å². The minimum atomic E-state index is -4.01. The Hall–Kier alpha value is -0.720. The lowest BCUT2D eigenvalue weighted by Crippen LogP contribution is -2.54. The summed E-state index contributed by atoms with van der Waals surface area (Å²) >= 11 is 5.63. The van der Waals surface area contributed by atoms with Gasteiger partial charge in [-0.1, -0.05) is 11.6 Å². The molecule has 0 bridgehead atoms. The lowest BCUT2D eigenvalue weighted by Gasteiger charge is -2.31. The third-order valence-electron chi connectivity index (χ3n) is 2.61. The quantitative estimate of drug-likeness (QED) is 0.928. The normalized spacial score (nSPS) is 13.7. The van der Waals surface area contributed by atoms with Gasteiger partial charge in [0.05, 0.1) is 10.4 Å². The first-order valence-electron chi connectivity index (χ1n) is 5.13. The van der Waals surface area contributed by atoms with E-state index in [0.717, 1.165) is 13.8 Å². The van der Waals surface area contributed by atoms with Gasteiger partial charge in [-0.05, 0) is 38.1 Å². The zero-order valence-corrected chi connectivity index (χ0v) is 11.7. The fraction of sp³-hybridized carbons (Fsp3) is 0.455. The fourth-order valence-electron chi connectivity index (χ4n) is 1.10. The van der Waals surface area contributed by atoms with Crippen molar-refractivity contribution in [2.75, 3.05) is 0 Å². The van der Waals surface area contributed by atoms with Crippen LogP contribution in [-0.2, 0) is 10.0 Å². The number of sulfonamides is 1. The van der Waals surface area contributed by atoms with Crippen molar-refractivity contribution < 1.29 is 17.2 Å². The molecular weight excluding hydrogens is 284 g/mol. The number of hydrogen-bond acceptors (Lipinski definition) is 2. The third-order valence-corrected chi connectivity index (χ3v) is 4.53. The van der Waals surface area contributed by atoms with Crippen LogP contribution in [0.15, 0.2) is 29.2 Å². The van der Waals surface area contributed by atoms with E-state index in [0.29, 0.717) is 11.9 Å². The molecule has 3 nitrogen and oxygen atoms in total. The molecule has 0 amide bonds. The summed E-state index contributed by atoms with van der Waals surface area (Å²) in [5, 5.41) is 0.369. The Morgan fingerprint density at radius 3 is 1.94 bits per heavy atom. The number of nitrogens with one attached hydrogen (secondary N) is 1. The summed E-state index contributed by atoms with van der Waals surface area (Å²) in [5.41, 5.74) is -1.88. The van der Waals surface area contributed by atoms with Gasteiger partial charge in [0.15, 0.2) is 0 Å². The smallest absolute Gasteiger partial charge is 0.207 e. The maximum atomic E-state index is 13.3. The summed E-state index contributed by atoms with van der Waals surface area (Å²) in [5.74, 6) is -3.19. The van der Waals surface area contributed by atoms with Gasteiger partial charge in [0, 0.05) is 11.9 Å². The number of hydrogen-bond donors (Lipinski definition) is 1. The summed E-state index contributed by atoms with van der Waals surface area (Å²) in [6, 6.07) is 5.28. The molecule has 0 heterocycles. The largest absolute Gasteiger partial charge is 0.263 e. The maximum absolute atomic E-state index is 13.3. The van der Waals surface area contributed by atoms with E-state index in [4.69, 9.17) is 11.6 Å². The van der Waals surface area contributed by atoms with Crippen molar-refractivity contribution in [1.29, 1.82) is 0 Å². The molecule has 1 rings (SSSR count).